The van der Waals surface area contributed by atoms with Crippen LogP contribution >= 0.6 is 0 Å². The van der Waals surface area contributed by atoms with Crippen LogP contribution in [0.25, 0.3) is 0 Å². The number of hydrogen-bond donors (Lipinski definition) is 0. The van der Waals surface area contributed by atoms with Crippen molar-refractivity contribution in [1.29, 1.82) is 0 Å². The van der Waals surface area contributed by atoms with Crippen LogP contribution in [0.1, 0.15) is 27.9 Å². The van der Waals surface area contributed by atoms with Gasteiger partial charge in [0, 0.05) is 19.3 Å². The molecule has 0 unspecified atom stereocenters. The van der Waals surface area contributed by atoms with Crippen molar-refractivity contribution < 1.29 is 17.9 Å². The summed E-state index contributed by atoms with van der Waals surface area (Å²) in [5.74, 6) is -0.795. The van der Waals surface area contributed by atoms with Crippen molar-refractivity contribution in [3.8, 4) is 0 Å². The maximum Gasteiger partial charge on any atom is 0.177 e. The van der Waals surface area contributed by atoms with E-state index in [1.807, 2.05) is 19.9 Å². The molecule has 0 fully saturated rings. The lowest BCUT2D eigenvalue weighted by Crippen LogP contribution is -2.20. The highest BCUT2D eigenvalue weighted by Gasteiger charge is 2.18. The predicted molar refractivity (Wildman–Crippen MR) is 75.4 cm³/mol. The standard InChI is InChI=1S/C14H20O4S/c1-11-5-6-13(9-12(11)2)14(15)10-19(16,17)8-4-7-18-3/h5-6,9H,4,7-8,10H2,1-3H3. The lowest BCUT2D eigenvalue weighted by Gasteiger charge is -2.06. The van der Waals surface area contributed by atoms with Gasteiger partial charge in [0.1, 0.15) is 5.75 Å². The summed E-state index contributed by atoms with van der Waals surface area (Å²) in [6, 6.07) is 5.25. The number of ether oxygens (including phenoxy) is 1. The molecule has 1 rings (SSSR count). The summed E-state index contributed by atoms with van der Waals surface area (Å²) >= 11 is 0. The van der Waals surface area contributed by atoms with E-state index in [9.17, 15) is 13.2 Å². The van der Waals surface area contributed by atoms with Crippen molar-refractivity contribution in [3.05, 3.63) is 34.9 Å². The quantitative estimate of drug-likeness (QED) is 0.567. The molecule has 0 aliphatic heterocycles. The molecule has 0 amide bonds. The van der Waals surface area contributed by atoms with Gasteiger partial charge in [-0.3, -0.25) is 4.79 Å². The molecular weight excluding hydrogens is 264 g/mol. The first-order valence-electron chi connectivity index (χ1n) is 6.15. The second-order valence-corrected chi connectivity index (χ2v) is 6.84. The number of hydrogen-bond acceptors (Lipinski definition) is 4. The summed E-state index contributed by atoms with van der Waals surface area (Å²) in [7, 11) is -1.83. The first kappa shape index (κ1) is 15.9. The molecular formula is C14H20O4S. The van der Waals surface area contributed by atoms with Crippen LogP contribution in [0.4, 0.5) is 0 Å². The van der Waals surface area contributed by atoms with E-state index < -0.39 is 15.6 Å². The van der Waals surface area contributed by atoms with Crippen LogP contribution in [0.3, 0.4) is 0 Å². The van der Waals surface area contributed by atoms with Gasteiger partial charge in [-0.25, -0.2) is 8.42 Å². The third kappa shape index (κ3) is 5.12. The van der Waals surface area contributed by atoms with E-state index in [1.165, 1.54) is 7.11 Å². The summed E-state index contributed by atoms with van der Waals surface area (Å²) in [6.45, 7) is 4.24. The molecule has 0 atom stereocenters. The maximum atomic E-state index is 11.9. The van der Waals surface area contributed by atoms with Gasteiger partial charge < -0.3 is 4.74 Å². The molecule has 1 aromatic rings. The lowest BCUT2D eigenvalue weighted by molar-refractivity contribution is 0.102. The van der Waals surface area contributed by atoms with Crippen molar-refractivity contribution >= 4 is 15.6 Å². The monoisotopic (exact) mass is 284 g/mol. The van der Waals surface area contributed by atoms with Crippen LogP contribution in [0.2, 0.25) is 0 Å². The molecule has 0 saturated carbocycles. The predicted octanol–water partition coefficient (Wildman–Crippen LogP) is 1.94. The van der Waals surface area contributed by atoms with Crippen molar-refractivity contribution in [2.45, 2.75) is 20.3 Å². The van der Waals surface area contributed by atoms with Gasteiger partial charge in [-0.1, -0.05) is 12.1 Å². The number of carbonyl (C=O) groups excluding carboxylic acids is 1. The number of aryl methyl sites for hydroxylation is 2. The highest BCUT2D eigenvalue weighted by Crippen LogP contribution is 2.11. The average Bonchev–Trinajstić information content (AvgIpc) is 2.32. The molecule has 106 valence electrons. The number of rotatable bonds is 7. The molecule has 0 aliphatic carbocycles. The van der Waals surface area contributed by atoms with Gasteiger partial charge in [0.05, 0.1) is 5.75 Å². The third-order valence-electron chi connectivity index (χ3n) is 2.98. The Bertz CT molecular complexity index is 547. The number of Topliss-reactive ketones (excluding diaryl/α,β-unsaturated/α-hetero) is 1. The van der Waals surface area contributed by atoms with Gasteiger partial charge in [0.2, 0.25) is 0 Å². The van der Waals surface area contributed by atoms with Gasteiger partial charge in [-0.15, -0.1) is 0 Å². The summed E-state index contributed by atoms with van der Waals surface area (Å²) in [5, 5.41) is 0. The zero-order chi connectivity index (χ0) is 14.5. The summed E-state index contributed by atoms with van der Waals surface area (Å²) < 4.78 is 28.3. The van der Waals surface area contributed by atoms with E-state index in [1.54, 1.807) is 12.1 Å². The minimum atomic E-state index is -3.35. The Morgan fingerprint density at radius 1 is 1.21 bits per heavy atom. The van der Waals surface area contributed by atoms with E-state index in [0.717, 1.165) is 11.1 Å². The van der Waals surface area contributed by atoms with E-state index in [0.29, 0.717) is 18.6 Å². The van der Waals surface area contributed by atoms with Crippen LogP contribution in [-0.2, 0) is 14.6 Å². The smallest absolute Gasteiger partial charge is 0.177 e. The Hall–Kier alpha value is -1.20. The van der Waals surface area contributed by atoms with E-state index in [2.05, 4.69) is 0 Å². The number of sulfone groups is 1. The fraction of sp³-hybridized carbons (Fsp3) is 0.500. The Kier molecular flexibility index (Phi) is 5.69. The number of benzene rings is 1. The second kappa shape index (κ2) is 6.82. The summed E-state index contributed by atoms with van der Waals surface area (Å²) in [4.78, 5) is 11.9. The molecule has 4 nitrogen and oxygen atoms in total. The first-order valence-corrected chi connectivity index (χ1v) is 7.97. The highest BCUT2D eigenvalue weighted by atomic mass is 32.2. The molecule has 19 heavy (non-hydrogen) atoms. The van der Waals surface area contributed by atoms with Crippen LogP contribution in [0.15, 0.2) is 18.2 Å². The zero-order valence-electron chi connectivity index (χ0n) is 11.6. The molecule has 0 saturated heterocycles. The minimum absolute atomic E-state index is 0.0164. The van der Waals surface area contributed by atoms with Gasteiger partial charge in [-0.2, -0.15) is 0 Å². The minimum Gasteiger partial charge on any atom is -0.385 e. The van der Waals surface area contributed by atoms with Crippen molar-refractivity contribution in [2.24, 2.45) is 0 Å². The number of ketones is 1. The molecule has 0 radical (unpaired) electrons. The average molecular weight is 284 g/mol. The molecule has 1 aromatic carbocycles. The van der Waals surface area contributed by atoms with Gasteiger partial charge in [-0.05, 0) is 37.5 Å². The molecule has 0 aromatic heterocycles. The van der Waals surface area contributed by atoms with E-state index in [4.69, 9.17) is 4.74 Å². The van der Waals surface area contributed by atoms with Crippen LogP contribution < -0.4 is 0 Å². The normalized spacial score (nSPS) is 11.5. The SMILES string of the molecule is COCCCS(=O)(=O)CC(=O)c1ccc(C)c(C)c1. The number of carbonyl (C=O) groups is 1. The Morgan fingerprint density at radius 3 is 2.47 bits per heavy atom. The highest BCUT2D eigenvalue weighted by molar-refractivity contribution is 7.92. The van der Waals surface area contributed by atoms with Crippen LogP contribution in [-0.4, -0.2) is 39.4 Å². The maximum absolute atomic E-state index is 11.9. The van der Waals surface area contributed by atoms with Crippen molar-refractivity contribution in [2.75, 3.05) is 25.2 Å². The second-order valence-electron chi connectivity index (χ2n) is 4.66. The molecule has 5 heteroatoms. The molecule has 0 N–H and O–H groups in total. The number of methoxy groups -OCH3 is 1. The zero-order valence-corrected chi connectivity index (χ0v) is 12.4. The van der Waals surface area contributed by atoms with Gasteiger partial charge >= 0.3 is 0 Å². The Balaban J connectivity index is 2.70. The fourth-order valence-electron chi connectivity index (χ4n) is 1.69. The molecule has 0 bridgehead atoms. The molecule has 0 spiro atoms. The Morgan fingerprint density at radius 2 is 1.89 bits per heavy atom. The summed E-state index contributed by atoms with van der Waals surface area (Å²) in [6.07, 6.45) is 0.416. The van der Waals surface area contributed by atoms with Crippen LogP contribution in [0.5, 0.6) is 0 Å². The lowest BCUT2D eigenvalue weighted by atomic mass is 10.0. The Labute approximate surface area is 114 Å². The molecule has 0 heterocycles. The first-order chi connectivity index (χ1) is 8.85. The topological polar surface area (TPSA) is 60.4 Å². The fourth-order valence-corrected chi connectivity index (χ4v) is 2.96. The third-order valence-corrected chi connectivity index (χ3v) is 4.60. The summed E-state index contributed by atoms with van der Waals surface area (Å²) in [5.41, 5.74) is 2.53. The van der Waals surface area contributed by atoms with E-state index >= 15 is 0 Å². The van der Waals surface area contributed by atoms with E-state index in [-0.39, 0.29) is 11.5 Å². The largest absolute Gasteiger partial charge is 0.385 e. The van der Waals surface area contributed by atoms with Gasteiger partial charge in [0.15, 0.2) is 15.6 Å². The van der Waals surface area contributed by atoms with Crippen LogP contribution in [0, 0.1) is 13.8 Å². The van der Waals surface area contributed by atoms with Crippen molar-refractivity contribution in [3.63, 3.8) is 0 Å². The molecule has 0 aliphatic rings. The van der Waals surface area contributed by atoms with Gasteiger partial charge in [0.25, 0.3) is 0 Å². The van der Waals surface area contributed by atoms with Crippen molar-refractivity contribution in [1.82, 2.24) is 0 Å².